The normalized spacial score (nSPS) is 16.6. The fourth-order valence-corrected chi connectivity index (χ4v) is 1.64. The lowest BCUT2D eigenvalue weighted by atomic mass is 10.0. The summed E-state index contributed by atoms with van der Waals surface area (Å²) >= 11 is 0. The molecule has 0 bridgehead atoms. The number of ether oxygens (including phenoxy) is 4. The number of methoxy groups -OCH3 is 2. The maximum Gasteiger partial charge on any atom is 0.303 e. The highest BCUT2D eigenvalue weighted by atomic mass is 16.6. The fraction of sp³-hybridized carbons (Fsp3) is 0.750. The Balaban J connectivity index is 5.13. The van der Waals surface area contributed by atoms with Crippen molar-refractivity contribution in [1.82, 2.24) is 0 Å². The van der Waals surface area contributed by atoms with E-state index in [1.165, 1.54) is 28.1 Å². The third-order valence-electron chi connectivity index (χ3n) is 2.39. The first-order chi connectivity index (χ1) is 8.87. The number of carbonyl (C=O) groups is 2. The summed E-state index contributed by atoms with van der Waals surface area (Å²) < 4.78 is 20.1. The molecule has 0 heterocycles. The molecule has 0 N–H and O–H groups in total. The van der Waals surface area contributed by atoms with Gasteiger partial charge in [-0.1, -0.05) is 0 Å². The summed E-state index contributed by atoms with van der Waals surface area (Å²) in [5.41, 5.74) is 0. The molecule has 7 heteroatoms. The Bertz CT molecular complexity index is 351. The van der Waals surface area contributed by atoms with Gasteiger partial charge >= 0.3 is 11.9 Å². The van der Waals surface area contributed by atoms with Crippen LogP contribution in [0.4, 0.5) is 0 Å². The predicted octanol–water partition coefficient (Wildman–Crippen LogP) is 0.423. The second-order valence-electron chi connectivity index (χ2n) is 3.87. The van der Waals surface area contributed by atoms with E-state index in [1.807, 2.05) is 6.07 Å². The van der Waals surface area contributed by atoms with Crippen molar-refractivity contribution in [2.45, 2.75) is 45.2 Å². The summed E-state index contributed by atoms with van der Waals surface area (Å²) in [6.45, 7) is 4.00. The molecule has 0 saturated heterocycles. The van der Waals surface area contributed by atoms with E-state index in [2.05, 4.69) is 0 Å². The van der Waals surface area contributed by atoms with Crippen LogP contribution in [-0.4, -0.2) is 50.6 Å². The van der Waals surface area contributed by atoms with Gasteiger partial charge in [0.15, 0.2) is 12.2 Å². The SMILES string of the molecule is COC(C#N)C(OC)C(OC(C)=O)C(C)OC(C)=O. The van der Waals surface area contributed by atoms with Crippen LogP contribution < -0.4 is 0 Å². The molecule has 0 amide bonds. The third kappa shape index (κ3) is 5.68. The molecule has 0 rings (SSSR count). The molecule has 0 aromatic rings. The molecule has 0 aliphatic rings. The Labute approximate surface area is 112 Å². The van der Waals surface area contributed by atoms with E-state index in [1.54, 1.807) is 6.92 Å². The predicted molar refractivity (Wildman–Crippen MR) is 64.0 cm³/mol. The number of nitrogens with zero attached hydrogens (tertiary/aromatic N) is 1. The molecular weight excluding hydrogens is 254 g/mol. The lowest BCUT2D eigenvalue weighted by Gasteiger charge is -2.31. The Hall–Kier alpha value is -1.65. The number of esters is 2. The summed E-state index contributed by atoms with van der Waals surface area (Å²) in [6, 6.07) is 1.89. The van der Waals surface area contributed by atoms with E-state index < -0.39 is 36.4 Å². The highest BCUT2D eigenvalue weighted by molar-refractivity contribution is 5.67. The van der Waals surface area contributed by atoms with Crippen molar-refractivity contribution < 1.29 is 28.5 Å². The van der Waals surface area contributed by atoms with Crippen LogP contribution in [0.25, 0.3) is 0 Å². The van der Waals surface area contributed by atoms with E-state index in [0.29, 0.717) is 0 Å². The molecule has 0 aromatic carbocycles. The van der Waals surface area contributed by atoms with Crippen molar-refractivity contribution >= 4 is 11.9 Å². The first kappa shape index (κ1) is 17.4. The van der Waals surface area contributed by atoms with Gasteiger partial charge in [0, 0.05) is 28.1 Å². The molecule has 0 aliphatic carbocycles. The van der Waals surface area contributed by atoms with Crippen LogP contribution in [0.1, 0.15) is 20.8 Å². The number of hydrogen-bond acceptors (Lipinski definition) is 7. The van der Waals surface area contributed by atoms with Gasteiger partial charge in [-0.3, -0.25) is 9.59 Å². The Morgan fingerprint density at radius 3 is 1.84 bits per heavy atom. The van der Waals surface area contributed by atoms with Crippen LogP contribution >= 0.6 is 0 Å². The second-order valence-corrected chi connectivity index (χ2v) is 3.87. The van der Waals surface area contributed by atoms with Crippen molar-refractivity contribution in [1.29, 1.82) is 5.26 Å². The molecule has 0 fully saturated rings. The highest BCUT2D eigenvalue weighted by Gasteiger charge is 2.37. The minimum atomic E-state index is -0.952. The fourth-order valence-electron chi connectivity index (χ4n) is 1.64. The average molecular weight is 273 g/mol. The summed E-state index contributed by atoms with van der Waals surface area (Å²) in [7, 11) is 2.69. The van der Waals surface area contributed by atoms with Gasteiger partial charge in [0.05, 0.1) is 6.07 Å². The summed E-state index contributed by atoms with van der Waals surface area (Å²) in [5, 5.41) is 8.97. The zero-order valence-electron chi connectivity index (χ0n) is 11.7. The lowest BCUT2D eigenvalue weighted by molar-refractivity contribution is -0.181. The molecule has 108 valence electrons. The second kappa shape index (κ2) is 8.45. The molecule has 19 heavy (non-hydrogen) atoms. The monoisotopic (exact) mass is 273 g/mol. The number of hydrogen-bond donors (Lipinski definition) is 0. The topological polar surface area (TPSA) is 94.9 Å². The van der Waals surface area contributed by atoms with E-state index in [0.717, 1.165) is 0 Å². The molecule has 0 saturated carbocycles. The Kier molecular flexibility index (Phi) is 7.72. The Morgan fingerprint density at radius 2 is 1.53 bits per heavy atom. The third-order valence-corrected chi connectivity index (χ3v) is 2.39. The minimum absolute atomic E-state index is 0.523. The average Bonchev–Trinajstić information content (AvgIpc) is 2.32. The number of rotatable bonds is 7. The van der Waals surface area contributed by atoms with Crippen LogP contribution in [0.15, 0.2) is 0 Å². The maximum atomic E-state index is 11.1. The first-order valence-corrected chi connectivity index (χ1v) is 5.67. The van der Waals surface area contributed by atoms with Gasteiger partial charge in [-0.25, -0.2) is 0 Å². The Morgan fingerprint density at radius 1 is 1.00 bits per heavy atom. The van der Waals surface area contributed by atoms with Gasteiger partial charge in [0.25, 0.3) is 0 Å². The van der Waals surface area contributed by atoms with Crippen molar-refractivity contribution in [3.63, 3.8) is 0 Å². The quantitative estimate of drug-likeness (QED) is 0.620. The number of nitriles is 1. The molecule has 4 atom stereocenters. The minimum Gasteiger partial charge on any atom is -0.459 e. The molecular formula is C12H19NO6. The van der Waals surface area contributed by atoms with Gasteiger partial charge in [0.1, 0.15) is 12.2 Å². The van der Waals surface area contributed by atoms with Crippen molar-refractivity contribution in [3.05, 3.63) is 0 Å². The van der Waals surface area contributed by atoms with Crippen LogP contribution in [-0.2, 0) is 28.5 Å². The summed E-state index contributed by atoms with van der Waals surface area (Å²) in [5.74, 6) is -1.09. The van der Waals surface area contributed by atoms with Crippen LogP contribution in [0.5, 0.6) is 0 Å². The molecule has 7 nitrogen and oxygen atoms in total. The molecule has 4 unspecified atom stereocenters. The molecule has 0 aromatic heterocycles. The van der Waals surface area contributed by atoms with Crippen molar-refractivity contribution in [2.24, 2.45) is 0 Å². The van der Waals surface area contributed by atoms with Gasteiger partial charge < -0.3 is 18.9 Å². The van der Waals surface area contributed by atoms with E-state index in [4.69, 9.17) is 24.2 Å². The molecule has 0 aliphatic heterocycles. The first-order valence-electron chi connectivity index (χ1n) is 5.67. The largest absolute Gasteiger partial charge is 0.459 e. The van der Waals surface area contributed by atoms with Gasteiger partial charge in [-0.2, -0.15) is 5.26 Å². The summed E-state index contributed by atoms with van der Waals surface area (Å²) in [6.07, 6.45) is -3.52. The van der Waals surface area contributed by atoms with Crippen molar-refractivity contribution in [3.8, 4) is 6.07 Å². The van der Waals surface area contributed by atoms with Crippen molar-refractivity contribution in [2.75, 3.05) is 14.2 Å². The van der Waals surface area contributed by atoms with E-state index in [9.17, 15) is 9.59 Å². The molecule has 0 radical (unpaired) electrons. The molecule has 0 spiro atoms. The van der Waals surface area contributed by atoms with Crippen LogP contribution in [0.2, 0.25) is 0 Å². The lowest BCUT2D eigenvalue weighted by Crippen LogP contribution is -2.48. The highest BCUT2D eigenvalue weighted by Crippen LogP contribution is 2.17. The van der Waals surface area contributed by atoms with Gasteiger partial charge in [0.2, 0.25) is 0 Å². The summed E-state index contributed by atoms with van der Waals surface area (Å²) in [4.78, 5) is 22.1. The maximum absolute atomic E-state index is 11.1. The van der Waals surface area contributed by atoms with E-state index >= 15 is 0 Å². The van der Waals surface area contributed by atoms with E-state index in [-0.39, 0.29) is 0 Å². The van der Waals surface area contributed by atoms with Crippen LogP contribution in [0.3, 0.4) is 0 Å². The van der Waals surface area contributed by atoms with Crippen LogP contribution in [0, 0.1) is 11.3 Å². The van der Waals surface area contributed by atoms with Gasteiger partial charge in [-0.15, -0.1) is 0 Å². The zero-order chi connectivity index (χ0) is 15.0. The zero-order valence-corrected chi connectivity index (χ0v) is 11.7. The smallest absolute Gasteiger partial charge is 0.303 e. The standard InChI is InChI=1S/C12H19NO6/c1-7(18-8(2)14)11(19-9(3)15)12(17-5)10(6-13)16-4/h7,10-12H,1-5H3. The van der Waals surface area contributed by atoms with Gasteiger partial charge in [-0.05, 0) is 6.92 Å². The number of carbonyl (C=O) groups excluding carboxylic acids is 2.